The molecule has 0 radical (unpaired) electrons. The summed E-state index contributed by atoms with van der Waals surface area (Å²) in [5.41, 5.74) is 2.34. The van der Waals surface area contributed by atoms with Crippen LogP contribution in [0.2, 0.25) is 0 Å². The Labute approximate surface area is 141 Å². The highest BCUT2D eigenvalue weighted by atomic mass is 32.2. The third kappa shape index (κ3) is 4.17. The minimum absolute atomic E-state index is 0.0837. The molecule has 1 unspecified atom stereocenters. The highest BCUT2D eigenvalue weighted by Crippen LogP contribution is 2.29. The van der Waals surface area contributed by atoms with Gasteiger partial charge in [-0.2, -0.15) is 0 Å². The second-order valence-corrected chi connectivity index (χ2v) is 6.78. The number of rotatable bonds is 6. The van der Waals surface area contributed by atoms with E-state index in [1.807, 2.05) is 29.8 Å². The topological polar surface area (TPSA) is 46.9 Å². The first-order valence-electron chi connectivity index (χ1n) is 7.55. The summed E-state index contributed by atoms with van der Waals surface area (Å²) < 4.78 is 2.03. The number of benzene rings is 1. The van der Waals surface area contributed by atoms with Crippen molar-refractivity contribution in [2.45, 2.75) is 37.1 Å². The lowest BCUT2D eigenvalue weighted by Gasteiger charge is -2.16. The lowest BCUT2D eigenvalue weighted by molar-refractivity contribution is -0.120. The number of amides is 1. The maximum absolute atomic E-state index is 12.0. The summed E-state index contributed by atoms with van der Waals surface area (Å²) in [4.78, 5) is 16.4. The predicted octanol–water partition coefficient (Wildman–Crippen LogP) is 3.23. The van der Waals surface area contributed by atoms with Gasteiger partial charge in [0.15, 0.2) is 5.16 Å². The zero-order valence-electron chi connectivity index (χ0n) is 13.6. The molecule has 1 heterocycles. The first-order chi connectivity index (χ1) is 11.0. The van der Waals surface area contributed by atoms with Crippen molar-refractivity contribution < 1.29 is 4.79 Å². The molecular weight excluding hydrogens is 306 g/mol. The largest absolute Gasteiger partial charge is 0.344 e. The van der Waals surface area contributed by atoms with E-state index in [1.54, 1.807) is 6.20 Å². The average Bonchev–Trinajstić information content (AvgIpc) is 3.00. The van der Waals surface area contributed by atoms with Gasteiger partial charge in [0.05, 0.1) is 17.5 Å². The molecule has 0 aliphatic carbocycles. The molecule has 0 spiro atoms. The Hall–Kier alpha value is -2.19. The molecule has 120 valence electrons. The van der Waals surface area contributed by atoms with E-state index in [0.717, 1.165) is 10.8 Å². The fourth-order valence-electron chi connectivity index (χ4n) is 2.25. The number of hydrogen-bond donors (Lipinski definition) is 1. The number of terminal acetylenes is 1. The normalized spacial score (nSPS) is 12.0. The standard InChI is InChI=1S/C18H21N3OS/c1-5-10-19-17(22)14(4)23-18-20-11-12-21(18)16-9-7-6-8-15(16)13(2)3/h1,6-9,11-14H,10H2,2-4H3,(H,19,22). The van der Waals surface area contributed by atoms with Gasteiger partial charge in [0.25, 0.3) is 0 Å². The molecular formula is C18H21N3OS. The number of carbonyl (C=O) groups is 1. The van der Waals surface area contributed by atoms with E-state index in [1.165, 1.54) is 17.3 Å². The van der Waals surface area contributed by atoms with Crippen LogP contribution in [0.1, 0.15) is 32.3 Å². The molecule has 0 saturated heterocycles. The Balaban J connectivity index is 2.24. The van der Waals surface area contributed by atoms with Crippen molar-refractivity contribution in [2.24, 2.45) is 0 Å². The molecule has 23 heavy (non-hydrogen) atoms. The molecule has 0 aliphatic rings. The van der Waals surface area contributed by atoms with Gasteiger partial charge in [-0.25, -0.2) is 4.98 Å². The first-order valence-corrected chi connectivity index (χ1v) is 8.43. The van der Waals surface area contributed by atoms with E-state index in [-0.39, 0.29) is 17.7 Å². The highest BCUT2D eigenvalue weighted by Gasteiger charge is 2.18. The van der Waals surface area contributed by atoms with Crippen LogP contribution in [0.4, 0.5) is 0 Å². The molecule has 0 saturated carbocycles. The summed E-state index contributed by atoms with van der Waals surface area (Å²) in [7, 11) is 0. The van der Waals surface area contributed by atoms with Gasteiger partial charge in [-0.05, 0) is 24.5 Å². The fourth-order valence-corrected chi connectivity index (χ4v) is 3.15. The number of aromatic nitrogens is 2. The van der Waals surface area contributed by atoms with Gasteiger partial charge in [0.2, 0.25) is 5.91 Å². The van der Waals surface area contributed by atoms with Crippen molar-refractivity contribution in [3.8, 4) is 18.0 Å². The molecule has 1 atom stereocenters. The van der Waals surface area contributed by atoms with Gasteiger partial charge < -0.3 is 5.32 Å². The highest BCUT2D eigenvalue weighted by molar-refractivity contribution is 8.00. The number of nitrogens with zero attached hydrogens (tertiary/aromatic N) is 2. The van der Waals surface area contributed by atoms with Crippen molar-refractivity contribution in [1.82, 2.24) is 14.9 Å². The number of nitrogens with one attached hydrogen (secondary N) is 1. The molecule has 0 bridgehead atoms. The van der Waals surface area contributed by atoms with Gasteiger partial charge in [0.1, 0.15) is 0 Å². The van der Waals surface area contributed by atoms with E-state index in [0.29, 0.717) is 5.92 Å². The molecule has 5 heteroatoms. The molecule has 1 aromatic carbocycles. The first kappa shape index (κ1) is 17.2. The van der Waals surface area contributed by atoms with Crippen LogP contribution in [0, 0.1) is 12.3 Å². The predicted molar refractivity (Wildman–Crippen MR) is 94.8 cm³/mol. The lowest BCUT2D eigenvalue weighted by Crippen LogP contribution is -2.31. The van der Waals surface area contributed by atoms with E-state index in [9.17, 15) is 4.79 Å². The quantitative estimate of drug-likeness (QED) is 0.654. The van der Waals surface area contributed by atoms with Gasteiger partial charge in [0, 0.05) is 12.4 Å². The van der Waals surface area contributed by atoms with Crippen molar-refractivity contribution in [3.05, 3.63) is 42.2 Å². The second kappa shape index (κ2) is 7.89. The zero-order valence-corrected chi connectivity index (χ0v) is 14.4. The van der Waals surface area contributed by atoms with Crippen molar-refractivity contribution in [2.75, 3.05) is 6.54 Å². The van der Waals surface area contributed by atoms with Crippen molar-refractivity contribution in [3.63, 3.8) is 0 Å². The molecule has 2 rings (SSSR count). The van der Waals surface area contributed by atoms with Gasteiger partial charge >= 0.3 is 0 Å². The fraction of sp³-hybridized carbons (Fsp3) is 0.333. The summed E-state index contributed by atoms with van der Waals surface area (Å²) >= 11 is 1.42. The van der Waals surface area contributed by atoms with Gasteiger partial charge in [-0.3, -0.25) is 9.36 Å². The van der Waals surface area contributed by atoms with Crippen LogP contribution in [0.5, 0.6) is 0 Å². The number of hydrogen-bond acceptors (Lipinski definition) is 3. The van der Waals surface area contributed by atoms with Crippen molar-refractivity contribution in [1.29, 1.82) is 0 Å². The van der Waals surface area contributed by atoms with Gasteiger partial charge in [-0.15, -0.1) is 6.42 Å². The van der Waals surface area contributed by atoms with Crippen LogP contribution in [0.3, 0.4) is 0 Å². The molecule has 1 aromatic heterocycles. The summed E-state index contributed by atoms with van der Waals surface area (Å²) in [5.74, 6) is 2.73. The third-order valence-corrected chi connectivity index (χ3v) is 4.52. The maximum atomic E-state index is 12.0. The van der Waals surface area contributed by atoms with Crippen LogP contribution in [0.25, 0.3) is 5.69 Å². The van der Waals surface area contributed by atoms with Crippen LogP contribution in [-0.2, 0) is 4.79 Å². The summed E-state index contributed by atoms with van der Waals surface area (Å²) in [5, 5.41) is 3.23. The maximum Gasteiger partial charge on any atom is 0.234 e. The third-order valence-electron chi connectivity index (χ3n) is 3.44. The van der Waals surface area contributed by atoms with E-state index in [4.69, 9.17) is 6.42 Å². The molecule has 1 N–H and O–H groups in total. The Morgan fingerprint density at radius 3 is 2.83 bits per heavy atom. The van der Waals surface area contributed by atoms with E-state index < -0.39 is 0 Å². The Bertz CT molecular complexity index is 715. The molecule has 2 aromatic rings. The molecule has 0 aliphatic heterocycles. The summed E-state index contributed by atoms with van der Waals surface area (Å²) in [6, 6.07) is 8.25. The van der Waals surface area contributed by atoms with Crippen LogP contribution in [0.15, 0.2) is 41.8 Å². The van der Waals surface area contributed by atoms with Crippen molar-refractivity contribution >= 4 is 17.7 Å². The zero-order chi connectivity index (χ0) is 16.8. The number of thioether (sulfide) groups is 1. The van der Waals surface area contributed by atoms with Crippen LogP contribution in [-0.4, -0.2) is 27.3 Å². The SMILES string of the molecule is C#CCNC(=O)C(C)Sc1nccn1-c1ccccc1C(C)C. The van der Waals surface area contributed by atoms with E-state index in [2.05, 4.69) is 42.2 Å². The molecule has 4 nitrogen and oxygen atoms in total. The Kier molecular flexibility index (Phi) is 5.89. The smallest absolute Gasteiger partial charge is 0.234 e. The number of para-hydroxylation sites is 1. The monoisotopic (exact) mass is 327 g/mol. The van der Waals surface area contributed by atoms with Crippen LogP contribution < -0.4 is 5.32 Å². The average molecular weight is 327 g/mol. The number of carbonyl (C=O) groups excluding carboxylic acids is 1. The molecule has 1 amide bonds. The summed E-state index contributed by atoms with van der Waals surface area (Å²) in [6.07, 6.45) is 8.85. The Morgan fingerprint density at radius 2 is 2.13 bits per heavy atom. The minimum Gasteiger partial charge on any atom is -0.344 e. The van der Waals surface area contributed by atoms with E-state index >= 15 is 0 Å². The lowest BCUT2D eigenvalue weighted by atomic mass is 10.0. The number of imidazole rings is 1. The second-order valence-electron chi connectivity index (χ2n) is 5.48. The van der Waals surface area contributed by atoms with Crippen LogP contribution >= 0.6 is 11.8 Å². The molecule has 0 fully saturated rings. The minimum atomic E-state index is -0.268. The van der Waals surface area contributed by atoms with Gasteiger partial charge in [-0.1, -0.05) is 49.7 Å². The Morgan fingerprint density at radius 1 is 1.39 bits per heavy atom. The summed E-state index contributed by atoms with van der Waals surface area (Å²) in [6.45, 7) is 6.43.